The number of rotatable bonds is 1. The van der Waals surface area contributed by atoms with Crippen LogP contribution in [0.3, 0.4) is 0 Å². The van der Waals surface area contributed by atoms with Crippen molar-refractivity contribution in [3.8, 4) is 0 Å². The van der Waals surface area contributed by atoms with Gasteiger partial charge in [-0.05, 0) is 18.6 Å². The van der Waals surface area contributed by atoms with Crippen molar-refractivity contribution < 1.29 is 4.79 Å². The zero-order valence-corrected chi connectivity index (χ0v) is 9.02. The van der Waals surface area contributed by atoms with Crippen LogP contribution >= 0.6 is 12.4 Å². The number of para-hydroxylation sites is 1. The Morgan fingerprint density at radius 2 is 2.07 bits per heavy atom. The summed E-state index contributed by atoms with van der Waals surface area (Å²) >= 11 is 0. The maximum atomic E-state index is 11.4. The van der Waals surface area contributed by atoms with E-state index in [1.807, 2.05) is 0 Å². The quantitative estimate of drug-likeness (QED) is 0.322. The molecule has 1 aromatic rings. The lowest BCUT2D eigenvalue weighted by Gasteiger charge is -2.07. The number of nitrogens with two attached hydrogens (primary N) is 2. The van der Waals surface area contributed by atoms with Gasteiger partial charge < -0.3 is 11.5 Å². The van der Waals surface area contributed by atoms with Gasteiger partial charge in [-0.15, -0.1) is 12.4 Å². The number of hydrogen-bond donors (Lipinski definition) is 4. The number of benzene rings is 1. The van der Waals surface area contributed by atoms with E-state index in [1.165, 1.54) is 0 Å². The lowest BCUT2D eigenvalue weighted by atomic mass is 10.1. The van der Waals surface area contributed by atoms with E-state index in [4.69, 9.17) is 16.9 Å². The van der Waals surface area contributed by atoms with Crippen LogP contribution in [0.5, 0.6) is 0 Å². The molecule has 0 unspecified atom stereocenters. The fourth-order valence-electron chi connectivity index (χ4n) is 1.07. The molecule has 5 nitrogen and oxygen atoms in total. The van der Waals surface area contributed by atoms with E-state index in [0.717, 1.165) is 5.56 Å². The first-order valence-corrected chi connectivity index (χ1v) is 4.03. The molecule has 0 aliphatic carbocycles. The Hall–Kier alpha value is -1.75. The number of anilines is 1. The Labute approximate surface area is 93.8 Å². The summed E-state index contributed by atoms with van der Waals surface area (Å²) in [4.78, 5) is 11.4. The number of hydrogen-bond acceptors (Lipinski definition) is 3. The second-order valence-corrected chi connectivity index (χ2v) is 2.90. The van der Waals surface area contributed by atoms with Gasteiger partial charge in [0.25, 0.3) is 5.91 Å². The Kier molecular flexibility index (Phi) is 4.60. The van der Waals surface area contributed by atoms with Gasteiger partial charge in [-0.2, -0.15) is 0 Å². The summed E-state index contributed by atoms with van der Waals surface area (Å²) in [5.41, 5.74) is 12.3. The van der Waals surface area contributed by atoms with Gasteiger partial charge in [0.05, 0.1) is 5.56 Å². The highest BCUT2D eigenvalue weighted by Gasteiger charge is 2.10. The first-order valence-electron chi connectivity index (χ1n) is 4.03. The molecule has 0 spiro atoms. The average Bonchev–Trinajstić information content (AvgIpc) is 2.08. The van der Waals surface area contributed by atoms with Crippen molar-refractivity contribution in [1.29, 1.82) is 5.41 Å². The smallest absolute Gasteiger partial charge is 0.260 e. The first kappa shape index (κ1) is 13.2. The molecular weight excluding hydrogens is 216 g/mol. The van der Waals surface area contributed by atoms with Crippen molar-refractivity contribution >= 4 is 30.0 Å². The minimum atomic E-state index is -0.460. The predicted octanol–water partition coefficient (Wildman–Crippen LogP) is 0.622. The Bertz CT molecular complexity index is 392. The summed E-state index contributed by atoms with van der Waals surface area (Å²) in [6.07, 6.45) is 0. The Morgan fingerprint density at radius 3 is 2.60 bits per heavy atom. The third-order valence-electron chi connectivity index (χ3n) is 1.82. The molecule has 0 heterocycles. The average molecular weight is 229 g/mol. The topological polar surface area (TPSA) is 105 Å². The normalized spacial score (nSPS) is 8.87. The number of halogens is 1. The minimum absolute atomic E-state index is 0. The molecule has 0 saturated carbocycles. The van der Waals surface area contributed by atoms with Crippen molar-refractivity contribution in [3.63, 3.8) is 0 Å². The number of aryl methyl sites for hydroxylation is 1. The summed E-state index contributed by atoms with van der Waals surface area (Å²) in [7, 11) is 0. The van der Waals surface area contributed by atoms with Gasteiger partial charge in [0.2, 0.25) is 0 Å². The number of amides is 1. The van der Waals surface area contributed by atoms with E-state index >= 15 is 0 Å². The van der Waals surface area contributed by atoms with Crippen LogP contribution in [0, 0.1) is 12.3 Å². The SMILES string of the molecule is Cc1cccc(C(=O)NC(=N)N)c1N.Cl. The van der Waals surface area contributed by atoms with Crippen molar-refractivity contribution in [3.05, 3.63) is 29.3 Å². The van der Waals surface area contributed by atoms with Crippen molar-refractivity contribution in [2.24, 2.45) is 5.73 Å². The number of guanidine groups is 1. The molecule has 82 valence electrons. The monoisotopic (exact) mass is 228 g/mol. The zero-order chi connectivity index (χ0) is 10.7. The molecule has 6 N–H and O–H groups in total. The summed E-state index contributed by atoms with van der Waals surface area (Å²) in [5.74, 6) is -0.852. The molecular formula is C9H13ClN4O. The molecule has 0 aliphatic rings. The summed E-state index contributed by atoms with van der Waals surface area (Å²) in [6.45, 7) is 1.81. The molecule has 15 heavy (non-hydrogen) atoms. The molecule has 0 bridgehead atoms. The van der Waals surface area contributed by atoms with Gasteiger partial charge in [-0.3, -0.25) is 15.5 Å². The van der Waals surface area contributed by atoms with E-state index in [0.29, 0.717) is 11.3 Å². The first-order chi connectivity index (χ1) is 6.52. The van der Waals surface area contributed by atoms with Gasteiger partial charge in [-0.1, -0.05) is 12.1 Å². The van der Waals surface area contributed by atoms with Crippen LogP contribution in [0.1, 0.15) is 15.9 Å². The number of carbonyl (C=O) groups is 1. The van der Waals surface area contributed by atoms with E-state index < -0.39 is 11.9 Å². The van der Waals surface area contributed by atoms with Crippen LogP contribution in [0.2, 0.25) is 0 Å². The van der Waals surface area contributed by atoms with Gasteiger partial charge >= 0.3 is 0 Å². The third-order valence-corrected chi connectivity index (χ3v) is 1.82. The Morgan fingerprint density at radius 1 is 1.47 bits per heavy atom. The number of carbonyl (C=O) groups excluding carboxylic acids is 1. The highest BCUT2D eigenvalue weighted by Crippen LogP contribution is 2.15. The van der Waals surface area contributed by atoms with Crippen LogP contribution in [-0.4, -0.2) is 11.9 Å². The Balaban J connectivity index is 0.00000196. The van der Waals surface area contributed by atoms with Crippen LogP contribution in [0.15, 0.2) is 18.2 Å². The molecule has 0 aromatic heterocycles. The summed E-state index contributed by atoms with van der Waals surface area (Å²) in [5, 5.41) is 9.07. The lowest BCUT2D eigenvalue weighted by Crippen LogP contribution is -2.36. The number of nitrogens with one attached hydrogen (secondary N) is 2. The minimum Gasteiger partial charge on any atom is -0.398 e. The molecule has 0 fully saturated rings. The molecule has 0 saturated heterocycles. The van der Waals surface area contributed by atoms with Crippen LogP contribution < -0.4 is 16.8 Å². The highest BCUT2D eigenvalue weighted by atomic mass is 35.5. The van der Waals surface area contributed by atoms with Crippen molar-refractivity contribution in [1.82, 2.24) is 5.32 Å². The molecule has 0 radical (unpaired) electrons. The molecule has 1 aromatic carbocycles. The van der Waals surface area contributed by atoms with Crippen LogP contribution in [-0.2, 0) is 0 Å². The second-order valence-electron chi connectivity index (χ2n) is 2.90. The summed E-state index contributed by atoms with van der Waals surface area (Å²) < 4.78 is 0. The maximum Gasteiger partial charge on any atom is 0.260 e. The molecule has 1 amide bonds. The van der Waals surface area contributed by atoms with Crippen LogP contribution in [0.25, 0.3) is 0 Å². The van der Waals surface area contributed by atoms with E-state index in [-0.39, 0.29) is 12.4 Å². The second kappa shape index (κ2) is 5.21. The molecule has 0 atom stereocenters. The molecule has 1 rings (SSSR count). The largest absolute Gasteiger partial charge is 0.398 e. The number of nitrogen functional groups attached to an aromatic ring is 1. The standard InChI is InChI=1S/C9H12N4O.ClH/c1-5-3-2-4-6(7(5)10)8(14)13-9(11)12;/h2-4H,10H2,1H3,(H4,11,12,13,14);1H. The fourth-order valence-corrected chi connectivity index (χ4v) is 1.07. The predicted molar refractivity (Wildman–Crippen MR) is 62.2 cm³/mol. The van der Waals surface area contributed by atoms with E-state index in [1.54, 1.807) is 25.1 Å². The van der Waals surface area contributed by atoms with Gasteiger partial charge in [0.1, 0.15) is 0 Å². The van der Waals surface area contributed by atoms with Crippen molar-refractivity contribution in [2.75, 3.05) is 5.73 Å². The van der Waals surface area contributed by atoms with Crippen LogP contribution in [0.4, 0.5) is 5.69 Å². The molecule has 6 heteroatoms. The maximum absolute atomic E-state index is 11.4. The third kappa shape index (κ3) is 3.14. The van der Waals surface area contributed by atoms with E-state index in [9.17, 15) is 4.79 Å². The van der Waals surface area contributed by atoms with Crippen molar-refractivity contribution in [2.45, 2.75) is 6.92 Å². The molecule has 0 aliphatic heterocycles. The lowest BCUT2D eigenvalue weighted by molar-refractivity contribution is 0.0977. The van der Waals surface area contributed by atoms with Gasteiger partial charge in [-0.25, -0.2) is 0 Å². The highest BCUT2D eigenvalue weighted by molar-refractivity contribution is 6.07. The van der Waals surface area contributed by atoms with Gasteiger partial charge in [0, 0.05) is 5.69 Å². The zero-order valence-electron chi connectivity index (χ0n) is 8.20. The van der Waals surface area contributed by atoms with E-state index in [2.05, 4.69) is 5.32 Å². The summed E-state index contributed by atoms with van der Waals surface area (Å²) in [6, 6.07) is 5.11. The fraction of sp³-hybridized carbons (Fsp3) is 0.111. The van der Waals surface area contributed by atoms with Gasteiger partial charge in [0.15, 0.2) is 5.96 Å².